The van der Waals surface area contributed by atoms with Gasteiger partial charge >= 0.3 is 0 Å². The van der Waals surface area contributed by atoms with Crippen molar-refractivity contribution in [2.75, 3.05) is 22.6 Å². The number of sulfone groups is 1. The number of nitrogens with two attached hydrogens (primary N) is 1. The average molecular weight is 270 g/mol. The second kappa shape index (κ2) is 4.72. The fraction of sp³-hybridized carbons (Fsp3) is 0.636. The number of aryl methyl sites for hydroxylation is 1. The van der Waals surface area contributed by atoms with Crippen molar-refractivity contribution in [1.82, 2.24) is 9.97 Å². The molecule has 1 unspecified atom stereocenters. The number of rotatable bonds is 2. The van der Waals surface area contributed by atoms with E-state index in [1.807, 2.05) is 6.92 Å². The molecule has 0 aliphatic carbocycles. The van der Waals surface area contributed by atoms with Crippen LogP contribution < -0.4 is 11.1 Å². The lowest BCUT2D eigenvalue weighted by atomic mass is 10.2. The van der Waals surface area contributed by atoms with Crippen LogP contribution in [0.25, 0.3) is 0 Å². The largest absolute Gasteiger partial charge is 0.383 e. The summed E-state index contributed by atoms with van der Waals surface area (Å²) in [6.07, 6.45) is 1.53. The van der Waals surface area contributed by atoms with Crippen LogP contribution in [0.3, 0.4) is 0 Å². The van der Waals surface area contributed by atoms with E-state index in [0.29, 0.717) is 23.9 Å². The van der Waals surface area contributed by atoms with Gasteiger partial charge in [0.05, 0.1) is 11.5 Å². The standard InChI is InChI=1S/C11H18N4O2S/c1-7-10(12)13-8(2)14-11(7)15-9-4-3-5-18(16,17)6-9/h9H,3-6H2,1-2H3,(H3,12,13,14,15). The van der Waals surface area contributed by atoms with Crippen LogP contribution >= 0.6 is 0 Å². The molecule has 1 fully saturated rings. The Hall–Kier alpha value is -1.37. The third-order valence-electron chi connectivity index (χ3n) is 3.10. The SMILES string of the molecule is Cc1nc(N)c(C)c(NC2CCCS(=O)(=O)C2)n1. The number of nitrogen functional groups attached to an aromatic ring is 1. The molecule has 1 aliphatic heterocycles. The van der Waals surface area contributed by atoms with Crippen molar-refractivity contribution < 1.29 is 8.42 Å². The Kier molecular flexibility index (Phi) is 3.43. The lowest BCUT2D eigenvalue weighted by molar-refractivity contribution is 0.561. The zero-order chi connectivity index (χ0) is 13.3. The maximum atomic E-state index is 11.6. The van der Waals surface area contributed by atoms with Crippen LogP contribution in [-0.4, -0.2) is 35.9 Å². The van der Waals surface area contributed by atoms with E-state index in [9.17, 15) is 8.42 Å². The van der Waals surface area contributed by atoms with Crippen LogP contribution in [0.15, 0.2) is 0 Å². The van der Waals surface area contributed by atoms with Crippen LogP contribution in [0.2, 0.25) is 0 Å². The molecule has 7 heteroatoms. The van der Waals surface area contributed by atoms with E-state index in [0.717, 1.165) is 12.0 Å². The van der Waals surface area contributed by atoms with Gasteiger partial charge in [0, 0.05) is 11.6 Å². The zero-order valence-corrected chi connectivity index (χ0v) is 11.4. The van der Waals surface area contributed by atoms with E-state index in [4.69, 9.17) is 5.73 Å². The van der Waals surface area contributed by atoms with Gasteiger partial charge in [-0.05, 0) is 26.7 Å². The minimum absolute atomic E-state index is 0.0869. The topological polar surface area (TPSA) is 98.0 Å². The molecule has 100 valence electrons. The molecule has 1 saturated heterocycles. The summed E-state index contributed by atoms with van der Waals surface area (Å²) in [4.78, 5) is 8.34. The molecule has 1 atom stereocenters. The summed E-state index contributed by atoms with van der Waals surface area (Å²) < 4.78 is 23.1. The molecule has 0 amide bonds. The second-order valence-corrected chi connectivity index (χ2v) is 6.96. The van der Waals surface area contributed by atoms with Crippen molar-refractivity contribution in [3.63, 3.8) is 0 Å². The van der Waals surface area contributed by atoms with Gasteiger partial charge in [0.2, 0.25) is 0 Å². The Morgan fingerprint density at radius 2 is 2.06 bits per heavy atom. The number of nitrogens with zero attached hydrogens (tertiary/aromatic N) is 2. The minimum Gasteiger partial charge on any atom is -0.383 e. The van der Waals surface area contributed by atoms with Gasteiger partial charge in [-0.1, -0.05) is 0 Å². The van der Waals surface area contributed by atoms with E-state index >= 15 is 0 Å². The summed E-state index contributed by atoms with van der Waals surface area (Å²) in [7, 11) is -2.92. The molecule has 0 aromatic carbocycles. The van der Waals surface area contributed by atoms with Gasteiger partial charge < -0.3 is 11.1 Å². The Labute approximate surface area is 107 Å². The maximum absolute atomic E-state index is 11.6. The molecule has 0 spiro atoms. The lowest BCUT2D eigenvalue weighted by Gasteiger charge is -2.24. The zero-order valence-electron chi connectivity index (χ0n) is 10.6. The van der Waals surface area contributed by atoms with Crippen molar-refractivity contribution in [2.45, 2.75) is 32.7 Å². The predicted octanol–water partition coefficient (Wildman–Crippen LogP) is 0.665. The monoisotopic (exact) mass is 270 g/mol. The number of aromatic nitrogens is 2. The van der Waals surface area contributed by atoms with Gasteiger partial charge in [-0.25, -0.2) is 18.4 Å². The first-order valence-electron chi connectivity index (χ1n) is 5.95. The molecule has 1 aromatic heterocycles. The summed E-state index contributed by atoms with van der Waals surface area (Å²) in [6.45, 7) is 3.59. The summed E-state index contributed by atoms with van der Waals surface area (Å²) >= 11 is 0. The smallest absolute Gasteiger partial charge is 0.152 e. The van der Waals surface area contributed by atoms with E-state index in [1.165, 1.54) is 0 Å². The first-order chi connectivity index (χ1) is 8.37. The Bertz CT molecular complexity index is 556. The van der Waals surface area contributed by atoms with Crippen LogP contribution in [0.1, 0.15) is 24.2 Å². The second-order valence-electron chi connectivity index (χ2n) is 4.73. The van der Waals surface area contributed by atoms with Gasteiger partial charge in [0.15, 0.2) is 9.84 Å². The molecule has 2 heterocycles. The highest BCUT2D eigenvalue weighted by Gasteiger charge is 2.25. The highest BCUT2D eigenvalue weighted by molar-refractivity contribution is 7.91. The van der Waals surface area contributed by atoms with Crippen LogP contribution in [0.5, 0.6) is 0 Å². The van der Waals surface area contributed by atoms with Crippen molar-refractivity contribution in [2.24, 2.45) is 0 Å². The fourth-order valence-corrected chi connectivity index (χ4v) is 3.76. The molecule has 6 nitrogen and oxygen atoms in total. The van der Waals surface area contributed by atoms with Gasteiger partial charge in [-0.3, -0.25) is 0 Å². The van der Waals surface area contributed by atoms with Crippen molar-refractivity contribution in [1.29, 1.82) is 0 Å². The molecular formula is C11H18N4O2S. The quantitative estimate of drug-likeness (QED) is 0.819. The molecule has 0 saturated carbocycles. The normalized spacial score (nSPS) is 22.7. The third-order valence-corrected chi connectivity index (χ3v) is 4.92. The fourth-order valence-electron chi connectivity index (χ4n) is 2.12. The molecule has 2 rings (SSSR count). The Morgan fingerprint density at radius 1 is 1.33 bits per heavy atom. The Morgan fingerprint density at radius 3 is 2.72 bits per heavy atom. The van der Waals surface area contributed by atoms with Crippen molar-refractivity contribution >= 4 is 21.5 Å². The number of hydrogen-bond donors (Lipinski definition) is 2. The summed E-state index contributed by atoms with van der Waals surface area (Å²) in [6, 6.07) is -0.0869. The van der Waals surface area contributed by atoms with Gasteiger partial charge in [-0.15, -0.1) is 0 Å². The van der Waals surface area contributed by atoms with Gasteiger partial charge in [-0.2, -0.15) is 0 Å². The number of hydrogen-bond acceptors (Lipinski definition) is 6. The maximum Gasteiger partial charge on any atom is 0.152 e. The first kappa shape index (κ1) is 13.1. The van der Waals surface area contributed by atoms with E-state index in [2.05, 4.69) is 15.3 Å². The highest BCUT2D eigenvalue weighted by atomic mass is 32.2. The molecular weight excluding hydrogens is 252 g/mol. The predicted molar refractivity (Wildman–Crippen MR) is 71.2 cm³/mol. The molecule has 0 radical (unpaired) electrons. The number of nitrogens with one attached hydrogen (secondary N) is 1. The average Bonchev–Trinajstić information content (AvgIpc) is 2.24. The minimum atomic E-state index is -2.92. The molecule has 18 heavy (non-hydrogen) atoms. The van der Waals surface area contributed by atoms with E-state index in [-0.39, 0.29) is 17.5 Å². The van der Waals surface area contributed by atoms with Crippen molar-refractivity contribution in [3.8, 4) is 0 Å². The van der Waals surface area contributed by atoms with Gasteiger partial charge in [0.1, 0.15) is 17.5 Å². The molecule has 3 N–H and O–H groups in total. The Balaban J connectivity index is 2.19. The summed E-state index contributed by atoms with van der Waals surface area (Å²) in [5, 5.41) is 3.18. The number of anilines is 2. The molecule has 1 aromatic rings. The first-order valence-corrected chi connectivity index (χ1v) is 7.77. The van der Waals surface area contributed by atoms with Gasteiger partial charge in [0.25, 0.3) is 0 Å². The van der Waals surface area contributed by atoms with Crippen LogP contribution in [0, 0.1) is 13.8 Å². The highest BCUT2D eigenvalue weighted by Crippen LogP contribution is 2.21. The summed E-state index contributed by atoms with van der Waals surface area (Å²) in [5.74, 6) is 2.11. The van der Waals surface area contributed by atoms with Crippen LogP contribution in [0.4, 0.5) is 11.6 Å². The lowest BCUT2D eigenvalue weighted by Crippen LogP contribution is -2.35. The van der Waals surface area contributed by atoms with Crippen LogP contribution in [-0.2, 0) is 9.84 Å². The van der Waals surface area contributed by atoms with E-state index < -0.39 is 9.84 Å². The van der Waals surface area contributed by atoms with E-state index in [1.54, 1.807) is 6.92 Å². The van der Waals surface area contributed by atoms with Crippen molar-refractivity contribution in [3.05, 3.63) is 11.4 Å². The molecule has 1 aliphatic rings. The third kappa shape index (κ3) is 2.90. The summed E-state index contributed by atoms with van der Waals surface area (Å²) in [5.41, 5.74) is 6.54. The molecule has 0 bridgehead atoms.